The maximum absolute atomic E-state index is 4.34. The topological polar surface area (TPSA) is 12.0 Å². The molecule has 8 aliphatic rings. The first-order chi connectivity index (χ1) is 10.3. The number of hydrogen-bond acceptors (Lipinski definition) is 1. The quantitative estimate of drug-likeness (QED) is 0.780. The van der Waals surface area contributed by atoms with E-state index in [9.17, 15) is 0 Å². The molecule has 1 N–H and O–H groups in total. The summed E-state index contributed by atoms with van der Waals surface area (Å²) in [6.45, 7) is 0. The van der Waals surface area contributed by atoms with E-state index in [1.54, 1.807) is 64.2 Å². The lowest BCUT2D eigenvalue weighted by molar-refractivity contribution is -0.0572. The Morgan fingerprint density at radius 2 is 0.682 bits per heavy atom. The van der Waals surface area contributed by atoms with Gasteiger partial charge in [-0.3, -0.25) is 0 Å². The fourth-order valence-corrected chi connectivity index (χ4v) is 8.62. The van der Waals surface area contributed by atoms with Crippen molar-refractivity contribution < 1.29 is 0 Å². The highest BCUT2D eigenvalue weighted by Gasteiger charge is 2.52. The zero-order valence-electron chi connectivity index (χ0n) is 13.8. The van der Waals surface area contributed by atoms with Crippen LogP contribution < -0.4 is 5.32 Å². The van der Waals surface area contributed by atoms with Crippen LogP contribution >= 0.6 is 12.4 Å². The van der Waals surface area contributed by atoms with Gasteiger partial charge in [-0.05, 0) is 112 Å². The van der Waals surface area contributed by atoms with Crippen LogP contribution in [0.5, 0.6) is 0 Å². The Hall–Kier alpha value is 0.250. The summed E-state index contributed by atoms with van der Waals surface area (Å²) in [5.74, 6) is 8.79. The van der Waals surface area contributed by atoms with Gasteiger partial charge in [-0.1, -0.05) is 0 Å². The van der Waals surface area contributed by atoms with Gasteiger partial charge in [-0.15, -0.1) is 12.4 Å². The van der Waals surface area contributed by atoms with Crippen LogP contribution in [-0.2, 0) is 0 Å². The van der Waals surface area contributed by atoms with E-state index in [0.29, 0.717) is 0 Å². The Balaban J connectivity index is 0.00000113. The molecule has 0 aromatic rings. The average molecular weight is 322 g/mol. The minimum atomic E-state index is 0. The molecule has 124 valence electrons. The van der Waals surface area contributed by atoms with Gasteiger partial charge < -0.3 is 5.32 Å². The van der Waals surface area contributed by atoms with Crippen molar-refractivity contribution in [3.8, 4) is 0 Å². The van der Waals surface area contributed by atoms with Gasteiger partial charge in [-0.2, -0.15) is 0 Å². The zero-order valence-corrected chi connectivity index (χ0v) is 14.6. The first-order valence-electron chi connectivity index (χ1n) is 10.1. The van der Waals surface area contributed by atoms with Crippen LogP contribution in [-0.4, -0.2) is 12.1 Å². The Bertz CT molecular complexity index is 351. The number of nitrogens with one attached hydrogen (secondary N) is 1. The lowest BCUT2D eigenvalue weighted by atomic mass is 9.52. The van der Waals surface area contributed by atoms with Crippen molar-refractivity contribution in [2.24, 2.45) is 47.3 Å². The lowest BCUT2D eigenvalue weighted by Gasteiger charge is -2.59. The van der Waals surface area contributed by atoms with Crippen LogP contribution in [0.2, 0.25) is 0 Å². The smallest absolute Gasteiger partial charge is 0.0127 e. The van der Waals surface area contributed by atoms with Gasteiger partial charge in [0.1, 0.15) is 0 Å². The van der Waals surface area contributed by atoms with E-state index in [0.717, 1.165) is 59.4 Å². The van der Waals surface area contributed by atoms with Crippen LogP contribution in [0.1, 0.15) is 64.2 Å². The second-order valence-electron chi connectivity index (χ2n) is 10.1. The van der Waals surface area contributed by atoms with E-state index < -0.39 is 0 Å². The third-order valence-corrected chi connectivity index (χ3v) is 8.84. The molecule has 0 atom stereocenters. The summed E-state index contributed by atoms with van der Waals surface area (Å²) in [5.41, 5.74) is 0. The molecule has 0 radical (unpaired) electrons. The van der Waals surface area contributed by atoms with Gasteiger partial charge in [-0.25, -0.2) is 0 Å². The largest absolute Gasteiger partial charge is 0.310 e. The monoisotopic (exact) mass is 321 g/mol. The summed E-state index contributed by atoms with van der Waals surface area (Å²) in [6, 6.07) is 1.86. The van der Waals surface area contributed by atoms with E-state index in [-0.39, 0.29) is 12.4 Å². The van der Waals surface area contributed by atoms with Crippen molar-refractivity contribution in [3.05, 3.63) is 0 Å². The standard InChI is InChI=1S/C20H31N.ClH/c1-11-3-15-5-12(1)6-16(4-11)19(15)21-20-17-7-13-2-14(9-17)10-18(20)8-13;/h11-21H,1-10H2;1H. The first-order valence-corrected chi connectivity index (χ1v) is 10.1. The van der Waals surface area contributed by atoms with Crippen molar-refractivity contribution in [2.75, 3.05) is 0 Å². The molecule has 0 amide bonds. The van der Waals surface area contributed by atoms with Crippen molar-refractivity contribution >= 4 is 12.4 Å². The Kier molecular flexibility index (Phi) is 3.39. The summed E-state index contributed by atoms with van der Waals surface area (Å²) in [4.78, 5) is 0. The normalized spacial score (nSPS) is 60.5. The molecule has 0 aromatic heterocycles. The van der Waals surface area contributed by atoms with Gasteiger partial charge in [0.25, 0.3) is 0 Å². The van der Waals surface area contributed by atoms with Crippen molar-refractivity contribution in [1.29, 1.82) is 0 Å². The summed E-state index contributed by atoms with van der Waals surface area (Å²) in [5, 5.41) is 4.34. The van der Waals surface area contributed by atoms with Crippen LogP contribution in [0.4, 0.5) is 0 Å². The van der Waals surface area contributed by atoms with Gasteiger partial charge >= 0.3 is 0 Å². The number of hydrogen-bond donors (Lipinski definition) is 1. The third kappa shape index (κ3) is 2.07. The second kappa shape index (κ2) is 5.12. The van der Waals surface area contributed by atoms with E-state index in [4.69, 9.17) is 0 Å². The molecule has 1 nitrogen and oxygen atoms in total. The third-order valence-electron chi connectivity index (χ3n) is 8.84. The van der Waals surface area contributed by atoms with Crippen LogP contribution in [0.25, 0.3) is 0 Å². The Morgan fingerprint density at radius 3 is 0.955 bits per heavy atom. The van der Waals surface area contributed by atoms with E-state index in [1.807, 2.05) is 0 Å². The van der Waals surface area contributed by atoms with E-state index in [1.165, 1.54) is 0 Å². The predicted octanol–water partition coefficient (Wildman–Crippen LogP) is 4.65. The molecular formula is C20H32ClN. The summed E-state index contributed by atoms with van der Waals surface area (Å²) in [7, 11) is 0. The molecule has 8 fully saturated rings. The molecule has 2 heteroatoms. The molecule has 8 saturated carbocycles. The molecule has 0 aromatic carbocycles. The van der Waals surface area contributed by atoms with E-state index >= 15 is 0 Å². The zero-order chi connectivity index (χ0) is 13.6. The summed E-state index contributed by atoms with van der Waals surface area (Å²) >= 11 is 0. The maximum Gasteiger partial charge on any atom is 0.0127 e. The number of halogens is 1. The average Bonchev–Trinajstić information content (AvgIpc) is 2.43. The SMILES string of the molecule is C1C2CC3CC1CC(C2)C3NC1C2CC3CC(C2)CC1C3.Cl. The van der Waals surface area contributed by atoms with E-state index in [2.05, 4.69) is 5.32 Å². The predicted molar refractivity (Wildman–Crippen MR) is 92.0 cm³/mol. The fraction of sp³-hybridized carbons (Fsp3) is 1.00. The minimum absolute atomic E-state index is 0. The molecule has 0 saturated heterocycles. The van der Waals surface area contributed by atoms with Crippen molar-refractivity contribution in [3.63, 3.8) is 0 Å². The van der Waals surface area contributed by atoms with Crippen LogP contribution in [0.15, 0.2) is 0 Å². The van der Waals surface area contributed by atoms with Crippen LogP contribution in [0, 0.1) is 47.3 Å². The minimum Gasteiger partial charge on any atom is -0.310 e. The van der Waals surface area contributed by atoms with Gasteiger partial charge in [0, 0.05) is 12.1 Å². The fourth-order valence-electron chi connectivity index (χ4n) is 8.62. The summed E-state index contributed by atoms with van der Waals surface area (Å²) in [6.07, 6.45) is 15.8. The molecule has 22 heavy (non-hydrogen) atoms. The highest BCUT2D eigenvalue weighted by Crippen LogP contribution is 2.57. The second-order valence-corrected chi connectivity index (χ2v) is 10.1. The molecule has 0 aliphatic heterocycles. The molecule has 8 rings (SSSR count). The van der Waals surface area contributed by atoms with Crippen LogP contribution in [0.3, 0.4) is 0 Å². The highest BCUT2D eigenvalue weighted by molar-refractivity contribution is 5.85. The highest BCUT2D eigenvalue weighted by atomic mass is 35.5. The van der Waals surface area contributed by atoms with Gasteiger partial charge in [0.2, 0.25) is 0 Å². The molecule has 0 spiro atoms. The number of rotatable bonds is 2. The molecule has 8 aliphatic carbocycles. The lowest BCUT2D eigenvalue weighted by Crippen LogP contribution is -2.62. The van der Waals surface area contributed by atoms with Gasteiger partial charge in [0.15, 0.2) is 0 Å². The first kappa shape index (κ1) is 14.6. The van der Waals surface area contributed by atoms with Crippen molar-refractivity contribution in [1.82, 2.24) is 5.32 Å². The molecule has 0 unspecified atom stereocenters. The Morgan fingerprint density at radius 1 is 0.409 bits per heavy atom. The Labute approximate surface area is 141 Å². The van der Waals surface area contributed by atoms with Gasteiger partial charge in [0.05, 0.1) is 0 Å². The van der Waals surface area contributed by atoms with Crippen molar-refractivity contribution in [2.45, 2.75) is 76.3 Å². The molecule has 0 heterocycles. The molecule has 8 bridgehead atoms. The molecular weight excluding hydrogens is 290 g/mol. The maximum atomic E-state index is 4.34. The summed E-state index contributed by atoms with van der Waals surface area (Å²) < 4.78 is 0.